The summed E-state index contributed by atoms with van der Waals surface area (Å²) in [5, 5.41) is 40.9. The zero-order valence-electron chi connectivity index (χ0n) is 25.2. The minimum atomic E-state index is -1.72. The van der Waals surface area contributed by atoms with Gasteiger partial charge in [-0.15, -0.1) is 0 Å². The highest BCUT2D eigenvalue weighted by Gasteiger charge is 2.34. The molecule has 0 bridgehead atoms. The highest BCUT2D eigenvalue weighted by Crippen LogP contribution is 2.08. The molecule has 0 saturated carbocycles. The van der Waals surface area contributed by atoms with Crippen LogP contribution in [0, 0.1) is 5.92 Å². The van der Waals surface area contributed by atoms with E-state index in [0.29, 0.717) is 0 Å². The third-order valence-corrected chi connectivity index (χ3v) is 6.19. The molecule has 6 atom stereocenters. The predicted molar refractivity (Wildman–Crippen MR) is 153 cm³/mol. The Labute approximate surface area is 254 Å². The number of aliphatic hydroxyl groups excluding tert-OH is 1. The number of hydrogen-bond donors (Lipinski definition) is 12. The third-order valence-electron chi connectivity index (χ3n) is 6.19. The van der Waals surface area contributed by atoms with Gasteiger partial charge in [0, 0.05) is 12.8 Å². The summed E-state index contributed by atoms with van der Waals surface area (Å²) in [6.45, 7) is 4.90. The van der Waals surface area contributed by atoms with Crippen LogP contribution in [0.5, 0.6) is 0 Å². The molecule has 5 amide bonds. The van der Waals surface area contributed by atoms with Crippen LogP contribution in [0.2, 0.25) is 0 Å². The van der Waals surface area contributed by atoms with Crippen LogP contribution in [-0.4, -0.2) is 106 Å². The van der Waals surface area contributed by atoms with Gasteiger partial charge in [0.15, 0.2) is 6.04 Å². The minimum Gasteiger partial charge on any atom is -0.481 e. The van der Waals surface area contributed by atoms with E-state index in [9.17, 15) is 48.9 Å². The summed E-state index contributed by atoms with van der Waals surface area (Å²) in [5.41, 5.74) is 19.5. The van der Waals surface area contributed by atoms with Crippen LogP contribution in [0.25, 0.3) is 0 Å². The fourth-order valence-corrected chi connectivity index (χ4v) is 3.85. The summed E-state index contributed by atoms with van der Waals surface area (Å²) >= 11 is 0. The van der Waals surface area contributed by atoms with Gasteiger partial charge in [0.2, 0.25) is 23.6 Å². The van der Waals surface area contributed by atoms with Crippen molar-refractivity contribution in [3.63, 3.8) is 0 Å². The second-order valence-corrected chi connectivity index (χ2v) is 10.8. The Bertz CT molecular complexity index is 1010. The molecule has 0 heterocycles. The summed E-state index contributed by atoms with van der Waals surface area (Å²) in [5.74, 6) is -7.43. The van der Waals surface area contributed by atoms with E-state index in [0.717, 1.165) is 6.92 Å². The molecule has 0 fully saturated rings. The molecule has 0 aliphatic rings. The van der Waals surface area contributed by atoms with Crippen LogP contribution in [0.4, 0.5) is 0 Å². The van der Waals surface area contributed by atoms with Crippen LogP contribution in [0.15, 0.2) is 0 Å². The lowest BCUT2D eigenvalue weighted by Gasteiger charge is -2.27. The van der Waals surface area contributed by atoms with Gasteiger partial charge in [0.05, 0.1) is 12.5 Å². The molecule has 19 nitrogen and oxygen atoms in total. The van der Waals surface area contributed by atoms with E-state index in [1.54, 1.807) is 13.8 Å². The van der Waals surface area contributed by atoms with E-state index in [-0.39, 0.29) is 44.6 Å². The van der Waals surface area contributed by atoms with Crippen molar-refractivity contribution in [1.82, 2.24) is 26.6 Å². The van der Waals surface area contributed by atoms with Crippen LogP contribution >= 0.6 is 0 Å². The van der Waals surface area contributed by atoms with Crippen molar-refractivity contribution in [2.45, 2.75) is 102 Å². The predicted octanol–water partition coefficient (Wildman–Crippen LogP) is -5.64. The topological polar surface area (TPSA) is 346 Å². The van der Waals surface area contributed by atoms with E-state index >= 15 is 0 Å². The largest absolute Gasteiger partial charge is 0.481 e. The summed E-state index contributed by atoms with van der Waals surface area (Å²) in [6, 6.07) is -7.07. The van der Waals surface area contributed by atoms with Gasteiger partial charge in [-0.1, -0.05) is 13.8 Å². The quantitative estimate of drug-likeness (QED) is 0.0391. The van der Waals surface area contributed by atoms with E-state index in [2.05, 4.69) is 32.3 Å². The Morgan fingerprint density at radius 2 is 1.32 bits per heavy atom. The number of rotatable bonds is 22. The zero-order chi connectivity index (χ0) is 34.1. The number of carboxylic acids is 2. The van der Waals surface area contributed by atoms with Crippen LogP contribution in [0.1, 0.15) is 59.3 Å². The molecule has 0 aliphatic carbocycles. The number of carbonyl (C=O) groups is 7. The smallest absolute Gasteiger partial charge is 0.326 e. The monoisotopic (exact) mass is 634 g/mol. The molecule has 0 radical (unpaired) electrons. The van der Waals surface area contributed by atoms with Gasteiger partial charge in [-0.2, -0.15) is 0 Å². The molecule has 0 aromatic rings. The van der Waals surface area contributed by atoms with Gasteiger partial charge in [-0.25, -0.2) is 4.79 Å². The Kier molecular flexibility index (Phi) is 18.3. The normalized spacial score (nSPS) is 15.3. The molecule has 0 spiro atoms. The zero-order valence-corrected chi connectivity index (χ0v) is 25.2. The van der Waals surface area contributed by atoms with E-state index in [4.69, 9.17) is 17.2 Å². The second-order valence-electron chi connectivity index (χ2n) is 10.8. The van der Waals surface area contributed by atoms with Crippen molar-refractivity contribution in [2.24, 2.45) is 23.1 Å². The number of quaternary nitrogens is 1. The van der Waals surface area contributed by atoms with Crippen molar-refractivity contribution in [3.05, 3.63) is 0 Å². The molecular weight excluding hydrogens is 586 g/mol. The number of hydrogen-bond acceptors (Lipinski definition) is 11. The van der Waals surface area contributed by atoms with Crippen molar-refractivity contribution < 1.29 is 54.6 Å². The summed E-state index contributed by atoms with van der Waals surface area (Å²) in [7, 11) is 0. The number of amides is 5. The van der Waals surface area contributed by atoms with Gasteiger partial charge in [-0.3, -0.25) is 34.1 Å². The fraction of sp³-hybridized carbons (Fsp3) is 0.720. The van der Waals surface area contributed by atoms with Gasteiger partial charge < -0.3 is 59.5 Å². The lowest BCUT2D eigenvalue weighted by Crippen LogP contribution is -2.69. The Morgan fingerprint density at radius 3 is 1.80 bits per heavy atom. The molecule has 19 heteroatoms. The summed E-state index contributed by atoms with van der Waals surface area (Å²) in [4.78, 5) is 85.8. The maximum atomic E-state index is 13.2. The Balaban J connectivity index is 5.86. The number of primary amides is 1. The molecule has 0 unspecified atom stereocenters. The molecule has 0 aliphatic heterocycles. The average Bonchev–Trinajstić information content (AvgIpc) is 2.89. The highest BCUT2D eigenvalue weighted by atomic mass is 16.4. The number of carboxylic acid groups (broad SMARTS) is 2. The average molecular weight is 635 g/mol. The molecular formula is C25H48N9O10+. The first-order valence-corrected chi connectivity index (χ1v) is 14.1. The molecule has 0 aromatic heterocycles. The lowest BCUT2D eigenvalue weighted by molar-refractivity contribution is -0.405. The van der Waals surface area contributed by atoms with Gasteiger partial charge >= 0.3 is 11.9 Å². The van der Waals surface area contributed by atoms with Crippen molar-refractivity contribution in [1.29, 1.82) is 0 Å². The fourth-order valence-electron chi connectivity index (χ4n) is 3.85. The van der Waals surface area contributed by atoms with Gasteiger partial charge in [0.1, 0.15) is 30.5 Å². The molecule has 17 N–H and O–H groups in total. The number of carbonyl (C=O) groups excluding carboxylic acids is 5. The van der Waals surface area contributed by atoms with E-state index < -0.39 is 90.5 Å². The van der Waals surface area contributed by atoms with E-state index in [1.165, 1.54) is 0 Å². The van der Waals surface area contributed by atoms with Crippen molar-refractivity contribution in [2.75, 3.05) is 6.54 Å². The Morgan fingerprint density at radius 1 is 0.773 bits per heavy atom. The van der Waals surface area contributed by atoms with E-state index in [1.807, 2.05) is 0 Å². The first-order chi connectivity index (χ1) is 20.3. The van der Waals surface area contributed by atoms with Crippen molar-refractivity contribution in [3.8, 4) is 0 Å². The second kappa shape index (κ2) is 20.1. The molecule has 44 heavy (non-hydrogen) atoms. The van der Waals surface area contributed by atoms with Crippen molar-refractivity contribution >= 4 is 41.5 Å². The first kappa shape index (κ1) is 40.1. The maximum absolute atomic E-state index is 13.2. The van der Waals surface area contributed by atoms with Crippen LogP contribution < -0.4 is 49.5 Å². The number of aliphatic hydroxyl groups is 1. The SMILES string of the molecule is CC(C)C[C@H](NC(=O)[C@H](CCCNC(N)N)NC(=O)[C@@H](NC(=O)[C@H](CC(=O)O)NC(=O)[C@@H]([NH3+])CCC(N)=O)[C@@H](C)O)C(=O)O. The maximum Gasteiger partial charge on any atom is 0.326 e. The van der Waals surface area contributed by atoms with Gasteiger partial charge in [0.25, 0.3) is 5.91 Å². The number of nitrogens with one attached hydrogen (secondary N) is 5. The molecule has 252 valence electrons. The van der Waals surface area contributed by atoms with Crippen LogP contribution in [-0.2, 0) is 33.6 Å². The molecule has 0 aromatic carbocycles. The highest BCUT2D eigenvalue weighted by molar-refractivity contribution is 5.96. The first-order valence-electron chi connectivity index (χ1n) is 14.1. The molecule has 0 saturated heterocycles. The standard InChI is InChI=1S/C25H47N9O10/c1-11(2)9-16(24(43)44)33-21(40)14(5-4-8-30-25(28)29)31-23(42)19(12(3)35)34-22(41)15(10-18(37)38)32-20(39)13(26)6-7-17(27)36/h11-16,19,25,30,35H,4-10,26,28-29H2,1-3H3,(H2,27,36)(H,31,42)(H,32,39)(H,33,40)(H,34,41)(H,37,38)(H,43,44)/p+1/t12-,13+,14+,15+,16+,19+/m1/s1. The summed E-state index contributed by atoms with van der Waals surface area (Å²) < 4.78 is 0. The summed E-state index contributed by atoms with van der Waals surface area (Å²) in [6.07, 6.45) is -3.26. The molecule has 0 rings (SSSR count). The number of aliphatic carboxylic acids is 2. The third kappa shape index (κ3) is 16.7. The Hall–Kier alpha value is -3.91. The van der Waals surface area contributed by atoms with Gasteiger partial charge in [-0.05, 0) is 38.6 Å². The number of nitrogens with two attached hydrogens (primary N) is 3. The minimum absolute atomic E-state index is 0.0281. The lowest BCUT2D eigenvalue weighted by atomic mass is 10.0. The van der Waals surface area contributed by atoms with Crippen LogP contribution in [0.3, 0.4) is 0 Å².